The summed E-state index contributed by atoms with van der Waals surface area (Å²) in [6, 6.07) is 13.1. The van der Waals surface area contributed by atoms with Gasteiger partial charge in [0.15, 0.2) is 11.4 Å². The first kappa shape index (κ1) is 52.4. The minimum Gasteiger partial charge on any atom is -0.507 e. The molecule has 6 rings (SSSR count). The minimum absolute atomic E-state index is 0.0152. The highest BCUT2D eigenvalue weighted by Crippen LogP contribution is 2.48. The fraction of sp³-hybridized carbons (Fsp3) is 0.158. The van der Waals surface area contributed by atoms with E-state index in [9.17, 15) is 80.6 Å². The summed E-state index contributed by atoms with van der Waals surface area (Å²) in [5, 5.41) is 57.6. The molecule has 0 fully saturated rings. The first-order chi connectivity index (χ1) is 32.3. The molecule has 0 aliphatic rings. The van der Waals surface area contributed by atoms with Crippen molar-refractivity contribution in [3.05, 3.63) is 111 Å². The summed E-state index contributed by atoms with van der Waals surface area (Å²) < 4.78 is 164. The van der Waals surface area contributed by atoms with Crippen molar-refractivity contribution in [1.29, 1.82) is 0 Å². The number of aromatic hydroxyl groups is 2. The molecule has 27 nitrogen and oxygen atoms in total. The zero-order valence-electron chi connectivity index (χ0n) is 35.5. The number of hydrogen-bond donors (Lipinski definition) is 7. The first-order valence-corrected chi connectivity index (χ1v) is 26.8. The van der Waals surface area contributed by atoms with Crippen molar-refractivity contribution in [2.75, 3.05) is 12.8 Å². The molecule has 0 unspecified atom stereocenters. The molecule has 0 bridgehead atoms. The third kappa shape index (κ3) is 12.6. The lowest BCUT2D eigenvalue weighted by Crippen LogP contribution is -2.05. The van der Waals surface area contributed by atoms with E-state index in [0.717, 1.165) is 49.6 Å². The van der Waals surface area contributed by atoms with E-state index in [2.05, 4.69) is 34.9 Å². The molecule has 0 amide bonds. The van der Waals surface area contributed by atoms with Gasteiger partial charge in [-0.25, -0.2) is 0 Å². The second-order valence-corrected chi connectivity index (χ2v) is 22.5. The number of nitrogens with two attached hydrogens (primary N) is 1. The number of nitrogen functional groups attached to an aromatic ring is 1. The largest absolute Gasteiger partial charge is 0.507 e. The lowest BCUT2D eigenvalue weighted by atomic mass is 9.98. The fourth-order valence-electron chi connectivity index (χ4n) is 6.82. The third-order valence-corrected chi connectivity index (χ3v) is 13.7. The Kier molecular flexibility index (Phi) is 14.5. The van der Waals surface area contributed by atoms with Gasteiger partial charge >= 0.3 is 0 Å². The molecule has 70 heavy (non-hydrogen) atoms. The van der Waals surface area contributed by atoms with Crippen LogP contribution in [0.5, 0.6) is 11.5 Å². The van der Waals surface area contributed by atoms with Crippen LogP contribution in [0.2, 0.25) is 0 Å². The Morgan fingerprint density at radius 1 is 0.571 bits per heavy atom. The Bertz CT molecular complexity index is 3870. The Hall–Kier alpha value is -7.01. The van der Waals surface area contributed by atoms with Crippen LogP contribution >= 0.6 is 0 Å². The van der Waals surface area contributed by atoms with Crippen LogP contribution in [0.1, 0.15) is 27.8 Å². The molecule has 6 aromatic carbocycles. The topological polar surface area (TPSA) is 445 Å². The molecule has 0 atom stereocenters. The van der Waals surface area contributed by atoms with E-state index in [4.69, 9.17) is 5.73 Å². The highest BCUT2D eigenvalue weighted by atomic mass is 32.2. The Morgan fingerprint density at radius 2 is 1.11 bits per heavy atom. The highest BCUT2D eigenvalue weighted by Gasteiger charge is 2.26. The van der Waals surface area contributed by atoms with Gasteiger partial charge in [-0.15, -0.1) is 25.6 Å². The number of phenols is 2. The van der Waals surface area contributed by atoms with Gasteiger partial charge in [0.25, 0.3) is 56.3 Å². The Labute approximate surface area is 396 Å². The van der Waals surface area contributed by atoms with Crippen LogP contribution in [0.4, 0.5) is 45.5 Å². The van der Waals surface area contributed by atoms with Crippen molar-refractivity contribution in [3.63, 3.8) is 0 Å². The number of rotatable bonds is 17. The Morgan fingerprint density at radius 3 is 1.73 bits per heavy atom. The minimum atomic E-state index is -5.02. The summed E-state index contributed by atoms with van der Waals surface area (Å²) in [7, 11) is -22.9. The number of nitro benzene ring substituents is 1. The summed E-state index contributed by atoms with van der Waals surface area (Å²) in [4.78, 5) is 10.3. The van der Waals surface area contributed by atoms with Crippen LogP contribution < -0.4 is 5.73 Å². The average Bonchev–Trinajstić information content (AvgIpc) is 3.22. The van der Waals surface area contributed by atoms with Gasteiger partial charge in [0.05, 0.1) is 50.5 Å². The van der Waals surface area contributed by atoms with E-state index >= 15 is 0 Å². The first-order valence-electron chi connectivity index (χ1n) is 19.0. The molecule has 370 valence electrons. The zero-order valence-corrected chi connectivity index (χ0v) is 39.6. The van der Waals surface area contributed by atoms with E-state index in [-0.39, 0.29) is 44.3 Å². The van der Waals surface area contributed by atoms with Gasteiger partial charge in [0.2, 0.25) is 0 Å². The van der Waals surface area contributed by atoms with E-state index in [1.54, 1.807) is 13.0 Å². The predicted molar refractivity (Wildman–Crippen MR) is 248 cm³/mol. The van der Waals surface area contributed by atoms with Crippen molar-refractivity contribution in [2.45, 2.75) is 34.8 Å². The summed E-state index contributed by atoms with van der Waals surface area (Å²) in [5.41, 5.74) is 2.06. The van der Waals surface area contributed by atoms with E-state index in [0.29, 0.717) is 5.56 Å². The van der Waals surface area contributed by atoms with Gasteiger partial charge in [0, 0.05) is 23.1 Å². The van der Waals surface area contributed by atoms with Gasteiger partial charge < -0.3 is 15.9 Å². The second-order valence-electron chi connectivity index (χ2n) is 14.9. The molecule has 0 spiro atoms. The number of azo groups is 3. The summed E-state index contributed by atoms with van der Waals surface area (Å²) >= 11 is 0. The van der Waals surface area contributed by atoms with Crippen LogP contribution in [0.15, 0.2) is 108 Å². The second kappa shape index (κ2) is 19.4. The lowest BCUT2D eigenvalue weighted by molar-refractivity contribution is -0.384. The van der Waals surface area contributed by atoms with E-state index < -0.39 is 140 Å². The number of hydrogen-bond acceptors (Lipinski definition) is 22. The smallest absolute Gasteiger partial charge is 0.297 e. The standard InChI is InChI=1S/C38H34N8O19S5/c1-19-3-5-21(16-67(54,55)56)30(9-19)43-40-27-7-8-29(34-26(27)13-24(14-33(34)47)70(63,64)65-2)42-44-31-12-22(17-68(57,58)59)25-11-23(18-69(60,61)62)37(38(48)35(25)36(31)39)45-41-28-6-4-20(15-66(51,52)53)10-32(28)46(49)50/h3-14,47-48H,15-18,39H2,1-2H3,(H,51,52,53)(H,54,55,56)(H,57,58,59)(H,60,61,62). The normalized spacial score (nSPS) is 13.1. The number of anilines is 1. The number of phenolic OH excluding ortho intramolecular Hbond substituents is 2. The van der Waals surface area contributed by atoms with Crippen molar-refractivity contribution in [2.24, 2.45) is 30.7 Å². The molecule has 0 radical (unpaired) electrons. The summed E-state index contributed by atoms with van der Waals surface area (Å²) in [6.07, 6.45) is 0. The molecule has 0 aliphatic carbocycles. The van der Waals surface area contributed by atoms with Crippen LogP contribution in [-0.2, 0) is 77.8 Å². The number of nitrogens with zero attached hydrogens (tertiary/aromatic N) is 7. The highest BCUT2D eigenvalue weighted by molar-refractivity contribution is 7.87. The van der Waals surface area contributed by atoms with Gasteiger partial charge in [-0.1, -0.05) is 18.2 Å². The van der Waals surface area contributed by atoms with Crippen molar-refractivity contribution >= 4 is 118 Å². The fourth-order valence-corrected chi connectivity index (χ4v) is 10.0. The molecule has 6 aromatic rings. The molecule has 0 heterocycles. The molecule has 0 saturated heterocycles. The maximum Gasteiger partial charge on any atom is 0.297 e. The van der Waals surface area contributed by atoms with E-state index in [1.807, 2.05) is 0 Å². The van der Waals surface area contributed by atoms with Crippen molar-refractivity contribution < 1.29 is 79.6 Å². The average molecular weight is 1070 g/mol. The maximum absolute atomic E-state index is 12.8. The van der Waals surface area contributed by atoms with Crippen LogP contribution in [0, 0.1) is 17.0 Å². The predicted octanol–water partition coefficient (Wildman–Crippen LogP) is 7.34. The third-order valence-electron chi connectivity index (χ3n) is 9.71. The number of fused-ring (bicyclic) bond motifs is 2. The summed E-state index contributed by atoms with van der Waals surface area (Å²) in [5.74, 6) is -6.33. The van der Waals surface area contributed by atoms with Crippen LogP contribution in [0.25, 0.3) is 21.5 Å². The van der Waals surface area contributed by atoms with Gasteiger partial charge in [0.1, 0.15) is 40.1 Å². The van der Waals surface area contributed by atoms with Crippen molar-refractivity contribution in [3.8, 4) is 11.5 Å². The van der Waals surface area contributed by atoms with Gasteiger partial charge in [-0.2, -0.15) is 47.2 Å². The van der Waals surface area contributed by atoms with Crippen LogP contribution in [-0.4, -0.2) is 82.5 Å². The Balaban J connectivity index is 1.58. The number of aryl methyl sites for hydroxylation is 1. The molecular formula is C38H34N8O19S5. The molecule has 0 saturated carbocycles. The van der Waals surface area contributed by atoms with Crippen LogP contribution in [0.3, 0.4) is 0 Å². The SMILES string of the molecule is COS(=O)(=O)c1cc(O)c2c(N=Nc3cc(CS(=O)(=O)O)c4cc(CS(=O)(=O)O)c(N=Nc5ccc(CS(=O)(=O)O)cc5[N+](=O)[O-])c(O)c4c3N)ccc(N=Nc3cc(C)ccc3CS(=O)(=O)O)c2c1. The zero-order chi connectivity index (χ0) is 51.9. The number of benzene rings is 6. The van der Waals surface area contributed by atoms with Gasteiger partial charge in [-0.3, -0.25) is 32.5 Å². The lowest BCUT2D eigenvalue weighted by Gasteiger charge is -2.16. The molecule has 0 aromatic heterocycles. The molecule has 8 N–H and O–H groups in total. The monoisotopic (exact) mass is 1070 g/mol. The molecular weight excluding hydrogens is 1030 g/mol. The number of nitro groups is 1. The van der Waals surface area contributed by atoms with E-state index in [1.165, 1.54) is 24.3 Å². The quantitative estimate of drug-likeness (QED) is 0.0117. The molecule has 32 heteroatoms. The molecule has 0 aliphatic heterocycles. The maximum atomic E-state index is 12.8. The van der Waals surface area contributed by atoms with Crippen molar-refractivity contribution in [1.82, 2.24) is 0 Å². The van der Waals surface area contributed by atoms with Gasteiger partial charge in [-0.05, 0) is 77.0 Å². The summed E-state index contributed by atoms with van der Waals surface area (Å²) in [6.45, 7) is 1.66.